The molecule has 1 N–H and O–H groups in total. The molecule has 0 amide bonds. The first-order valence-corrected chi connectivity index (χ1v) is 24.1. The number of hydrogen-bond acceptors (Lipinski definition) is 27. The number of thiol groups is 1. The summed E-state index contributed by atoms with van der Waals surface area (Å²) in [6, 6.07) is 7.93. The molecule has 4 fully saturated rings. The van der Waals surface area contributed by atoms with E-state index in [2.05, 4.69) is 0 Å². The largest absolute Gasteiger partial charge is 0.456 e. The molecule has 1 aromatic rings. The quantitative estimate of drug-likeness (QED) is 0.125. The van der Waals surface area contributed by atoms with Crippen molar-refractivity contribution < 1.29 is 124 Å². The minimum Gasteiger partial charge on any atom is -0.456 e. The van der Waals surface area contributed by atoms with Crippen molar-refractivity contribution in [2.24, 2.45) is 0 Å². The molecule has 0 aliphatic carbocycles. The third-order valence-electron chi connectivity index (χ3n) is 11.8. The number of ether oxygens (including phenoxy) is 16. The van der Waals surface area contributed by atoms with E-state index in [1.54, 1.807) is 18.2 Å². The molecule has 0 radical (unpaired) electrons. The van der Waals surface area contributed by atoms with Crippen LogP contribution in [0.15, 0.2) is 30.3 Å². The maximum absolute atomic E-state index is 12.9. The van der Waals surface area contributed by atoms with Gasteiger partial charge in [-0.15, -0.1) is 12.6 Å². The summed E-state index contributed by atoms with van der Waals surface area (Å²) in [6.45, 7) is 13.1. The van der Waals surface area contributed by atoms with Gasteiger partial charge in [-0.2, -0.15) is 0 Å². The van der Waals surface area contributed by atoms with Crippen LogP contribution in [0.1, 0.15) is 88.6 Å². The highest BCUT2D eigenvalue weighted by molar-refractivity contribution is 7.81. The minimum absolute atomic E-state index is 0.194. The van der Waals surface area contributed by atoms with Gasteiger partial charge in [-0.1, -0.05) is 30.3 Å². The predicted molar refractivity (Wildman–Crippen MR) is 247 cm³/mol. The Balaban J connectivity index is 1.73. The molecule has 0 bridgehead atoms. The molecule has 1 aromatic carbocycles. The second kappa shape index (κ2) is 26.0. The fraction of sp³-hybridized carbons (Fsp3) is 0.688. The first-order valence-electron chi connectivity index (χ1n) is 23.7. The fourth-order valence-corrected chi connectivity index (χ4v) is 9.54. The number of rotatable bonds is 17. The molecule has 5 rings (SSSR count). The Morgan fingerprint density at radius 3 is 1.08 bits per heavy atom. The van der Waals surface area contributed by atoms with Gasteiger partial charge in [0.1, 0.15) is 24.4 Å². The number of carbonyl (C=O) groups is 9. The van der Waals surface area contributed by atoms with E-state index < -0.39 is 182 Å². The first-order chi connectivity index (χ1) is 35.1. The van der Waals surface area contributed by atoms with Gasteiger partial charge in [0, 0.05) is 62.3 Å². The zero-order valence-corrected chi connectivity index (χ0v) is 44.1. The lowest BCUT2D eigenvalue weighted by molar-refractivity contribution is -0.376. The third kappa shape index (κ3) is 15.3. The monoisotopic (exact) mass is 1090 g/mol. The zero-order chi connectivity index (χ0) is 55.8. The van der Waals surface area contributed by atoms with Crippen molar-refractivity contribution in [2.45, 2.75) is 205 Å². The van der Waals surface area contributed by atoms with Crippen molar-refractivity contribution >= 4 is 66.4 Å². The highest BCUT2D eigenvalue weighted by Crippen LogP contribution is 2.46. The van der Waals surface area contributed by atoms with Crippen LogP contribution in [0.25, 0.3) is 0 Å². The summed E-state index contributed by atoms with van der Waals surface area (Å²) >= 11 is 4.92. The van der Waals surface area contributed by atoms with Crippen LogP contribution in [0.4, 0.5) is 0 Å². The third-order valence-corrected chi connectivity index (χ3v) is 12.5. The number of carbonyl (C=O) groups excluding carboxylic acids is 9. The van der Waals surface area contributed by atoms with E-state index in [9.17, 15) is 48.3 Å². The summed E-state index contributed by atoms with van der Waals surface area (Å²) in [6.07, 6.45) is -30.5. The smallest absolute Gasteiger partial charge is 0.303 e. The lowest BCUT2D eigenvalue weighted by atomic mass is 9.89. The van der Waals surface area contributed by atoms with Crippen LogP contribution in [-0.4, -0.2) is 182 Å². The second-order valence-electron chi connectivity index (χ2n) is 18.0. The summed E-state index contributed by atoms with van der Waals surface area (Å²) in [4.78, 5) is 111. The lowest BCUT2D eigenvalue weighted by Crippen LogP contribution is -2.69. The molecule has 27 heteroatoms. The van der Waals surface area contributed by atoms with E-state index in [4.69, 9.17) is 88.4 Å². The molecule has 20 atom stereocenters. The molecular formula is C48H64O26S. The first kappa shape index (κ1) is 60.3. The van der Waals surface area contributed by atoms with Gasteiger partial charge in [-0.05, 0) is 26.3 Å². The van der Waals surface area contributed by atoms with Crippen LogP contribution in [0.3, 0.4) is 0 Å². The summed E-state index contributed by atoms with van der Waals surface area (Å²) in [5.74, 6) is -7.95. The van der Waals surface area contributed by atoms with Crippen LogP contribution < -0.4 is 0 Å². The van der Waals surface area contributed by atoms with Gasteiger partial charge < -0.3 is 80.9 Å². The SMILES string of the molecule is CC(=O)O[C@H]1[C@H](OC(C)=O)[C@H](OC[C@H]2O[C@](S)(c3ccccc3)[C@H](O)[C@@H](O[C@@H]3O[C@@H](C)[C@@H](OC(C)=O)[C@@H](OC(C)=O)[C@@H]3OC(C)=O)[C@H]2O[C@@H]2O[C@@H](C)[C@@H](OC(C)=O)[C@@H](OC(C)=O)[C@@H]2OC(C)=O)O[C@@H](C)[C@H]1OC(C)=O. The summed E-state index contributed by atoms with van der Waals surface area (Å²) in [5, 5.41) is 12.8. The average Bonchev–Trinajstić information content (AvgIpc) is 3.29. The summed E-state index contributed by atoms with van der Waals surface area (Å²) in [7, 11) is 0. The van der Waals surface area contributed by atoms with Crippen LogP contribution in [-0.2, 0) is 124 Å². The van der Waals surface area contributed by atoms with Gasteiger partial charge in [-0.25, -0.2) is 0 Å². The number of aliphatic hydroxyl groups excluding tert-OH is 1. The molecule has 4 saturated heterocycles. The average molecular weight is 1090 g/mol. The number of esters is 9. The van der Waals surface area contributed by atoms with E-state index in [1.807, 2.05) is 0 Å². The molecule has 26 nitrogen and oxygen atoms in total. The molecule has 0 spiro atoms. The number of aliphatic hydroxyl groups is 1. The van der Waals surface area contributed by atoms with Crippen molar-refractivity contribution in [1.29, 1.82) is 0 Å². The van der Waals surface area contributed by atoms with Crippen molar-refractivity contribution in [3.8, 4) is 0 Å². The van der Waals surface area contributed by atoms with Crippen LogP contribution >= 0.6 is 12.6 Å². The molecule has 0 saturated carbocycles. The van der Waals surface area contributed by atoms with Crippen LogP contribution in [0.5, 0.6) is 0 Å². The number of benzene rings is 1. The molecule has 4 aliphatic heterocycles. The summed E-state index contributed by atoms with van der Waals surface area (Å²) < 4.78 is 95.3. The van der Waals surface area contributed by atoms with Gasteiger partial charge >= 0.3 is 53.7 Å². The normalized spacial score (nSPS) is 36.5. The topological polar surface area (TPSA) is 322 Å². The Bertz CT molecular complexity index is 2230. The number of hydrogen-bond donors (Lipinski definition) is 2. The lowest BCUT2D eigenvalue weighted by Gasteiger charge is -2.53. The van der Waals surface area contributed by atoms with Gasteiger partial charge in [0.2, 0.25) is 0 Å². The van der Waals surface area contributed by atoms with E-state index in [-0.39, 0.29) is 5.56 Å². The molecule has 4 heterocycles. The fourth-order valence-electron chi connectivity index (χ4n) is 9.11. The second-order valence-corrected chi connectivity index (χ2v) is 18.7. The van der Waals surface area contributed by atoms with Gasteiger partial charge in [-0.3, -0.25) is 43.2 Å². The molecule has 418 valence electrons. The van der Waals surface area contributed by atoms with E-state index in [0.717, 1.165) is 62.3 Å². The van der Waals surface area contributed by atoms with E-state index in [1.165, 1.54) is 32.9 Å². The minimum atomic E-state index is -2.17. The maximum atomic E-state index is 12.9. The van der Waals surface area contributed by atoms with Crippen molar-refractivity contribution in [1.82, 2.24) is 0 Å². The van der Waals surface area contributed by atoms with Crippen molar-refractivity contribution in [3.63, 3.8) is 0 Å². The van der Waals surface area contributed by atoms with Crippen molar-refractivity contribution in [3.05, 3.63) is 35.9 Å². The Kier molecular flexibility index (Phi) is 20.9. The highest BCUT2D eigenvalue weighted by atomic mass is 32.1. The van der Waals surface area contributed by atoms with Crippen molar-refractivity contribution in [2.75, 3.05) is 6.61 Å². The Hall–Kier alpha value is -5.52. The Morgan fingerprint density at radius 1 is 0.440 bits per heavy atom. The molecule has 4 aliphatic rings. The zero-order valence-electron chi connectivity index (χ0n) is 43.2. The van der Waals surface area contributed by atoms with Gasteiger partial charge in [0.05, 0.1) is 24.9 Å². The maximum Gasteiger partial charge on any atom is 0.303 e. The van der Waals surface area contributed by atoms with Crippen LogP contribution in [0, 0.1) is 0 Å². The summed E-state index contributed by atoms with van der Waals surface area (Å²) in [5.41, 5.74) is 0.194. The molecular weight excluding hydrogens is 1020 g/mol. The Labute approximate surface area is 436 Å². The standard InChI is InChI=1S/C48H64O26S/c1-19-33(63-22(4)49)37(66-25(7)52)41(69-28(10)55)45(60-19)59-18-32-36(72-46-42(70-29(11)56)38(67-26(8)53)34(20(2)61-46)64-23(5)50)40(44(58)48(75,74-32)31-16-14-13-15-17-31)73-47-43(71-30(12)57)39(68-27(9)54)35(21(3)62-47)65-24(6)51/h13-17,19-21,32-47,58,75H,18H2,1-12H3/t19-,20-,21-,32+,33+,34+,35+,36-,37+,38+,39+,40-,41-,42-,43-,44+,45+,46-,47-,48-/m0/s1. The van der Waals surface area contributed by atoms with Gasteiger partial charge in [0.15, 0.2) is 78.7 Å². The predicted octanol–water partition coefficient (Wildman–Crippen LogP) is 0.936. The van der Waals surface area contributed by atoms with E-state index >= 15 is 0 Å². The van der Waals surface area contributed by atoms with Crippen LogP contribution in [0.2, 0.25) is 0 Å². The molecule has 0 aromatic heterocycles. The molecule has 0 unspecified atom stereocenters. The van der Waals surface area contributed by atoms with E-state index in [0.29, 0.717) is 0 Å². The Morgan fingerprint density at radius 2 is 0.733 bits per heavy atom. The molecule has 75 heavy (non-hydrogen) atoms. The highest BCUT2D eigenvalue weighted by Gasteiger charge is 2.61. The van der Waals surface area contributed by atoms with Gasteiger partial charge in [0.25, 0.3) is 0 Å².